The number of carboxylic acids is 1. The van der Waals surface area contributed by atoms with Crippen LogP contribution in [-0.4, -0.2) is 30.3 Å². The number of benzene rings is 1. The number of carbonyl (C=O) groups excluding carboxylic acids is 1. The summed E-state index contributed by atoms with van der Waals surface area (Å²) in [4.78, 5) is 23.3. The van der Waals surface area contributed by atoms with Gasteiger partial charge in [-0.25, -0.2) is 9.59 Å². The van der Waals surface area contributed by atoms with Gasteiger partial charge in [0.05, 0.1) is 23.4 Å². The lowest BCUT2D eigenvalue weighted by Crippen LogP contribution is -2.26. The number of alkyl halides is 3. The summed E-state index contributed by atoms with van der Waals surface area (Å²) >= 11 is 0. The molecule has 0 saturated carbocycles. The molecule has 1 aromatic rings. The van der Waals surface area contributed by atoms with E-state index in [1.807, 2.05) is 0 Å². The maximum atomic E-state index is 12.5. The number of hydrogen-bond acceptors (Lipinski definition) is 3. The van der Waals surface area contributed by atoms with Crippen LogP contribution >= 0.6 is 0 Å². The predicted octanol–water partition coefficient (Wildman–Crippen LogP) is 2.36. The molecule has 0 aromatic heterocycles. The Balaban J connectivity index is 2.50. The van der Waals surface area contributed by atoms with Gasteiger partial charge in [-0.1, -0.05) is 0 Å². The van der Waals surface area contributed by atoms with Gasteiger partial charge in [0.2, 0.25) is 0 Å². The van der Waals surface area contributed by atoms with Crippen LogP contribution in [0.3, 0.4) is 0 Å². The molecule has 0 unspecified atom stereocenters. The molecule has 0 spiro atoms. The molecule has 5 nitrogen and oxygen atoms in total. The number of carbonyl (C=O) groups is 2. The molecular formula is C11H8F3NO4. The van der Waals surface area contributed by atoms with Crippen molar-refractivity contribution in [3.05, 3.63) is 29.3 Å². The van der Waals surface area contributed by atoms with Crippen molar-refractivity contribution >= 4 is 17.7 Å². The Morgan fingerprint density at radius 2 is 2.05 bits per heavy atom. The molecule has 1 aromatic carbocycles. The van der Waals surface area contributed by atoms with Gasteiger partial charge in [0.15, 0.2) is 0 Å². The molecule has 0 atom stereocenters. The topological polar surface area (TPSA) is 66.8 Å². The Labute approximate surface area is 105 Å². The molecule has 1 N–H and O–H groups in total. The number of carboxylic acid groups (broad SMARTS) is 1. The lowest BCUT2D eigenvalue weighted by molar-refractivity contribution is -0.137. The zero-order chi connectivity index (χ0) is 14.2. The number of halogens is 3. The molecule has 1 fully saturated rings. The first kappa shape index (κ1) is 13.2. The third kappa shape index (κ3) is 2.47. The molecule has 8 heteroatoms. The number of amides is 1. The Hall–Kier alpha value is -2.25. The van der Waals surface area contributed by atoms with Crippen molar-refractivity contribution in [2.75, 3.05) is 18.1 Å². The van der Waals surface area contributed by atoms with Crippen LogP contribution in [0.25, 0.3) is 0 Å². The summed E-state index contributed by atoms with van der Waals surface area (Å²) in [5.41, 5.74) is -1.78. The lowest BCUT2D eigenvalue weighted by Gasteiger charge is -2.17. The average Bonchev–Trinajstić information content (AvgIpc) is 2.73. The first-order valence-electron chi connectivity index (χ1n) is 5.19. The van der Waals surface area contributed by atoms with E-state index in [1.54, 1.807) is 0 Å². The maximum Gasteiger partial charge on any atom is 0.416 e. The molecule has 0 bridgehead atoms. The molecule has 2 rings (SSSR count). The van der Waals surface area contributed by atoms with Gasteiger partial charge in [-0.05, 0) is 18.2 Å². The van der Waals surface area contributed by atoms with Crippen LogP contribution < -0.4 is 4.90 Å². The molecule has 102 valence electrons. The molecule has 1 heterocycles. The Kier molecular flexibility index (Phi) is 3.09. The van der Waals surface area contributed by atoms with Crippen molar-refractivity contribution < 1.29 is 32.6 Å². The van der Waals surface area contributed by atoms with Crippen LogP contribution in [0.1, 0.15) is 15.9 Å². The molecular weight excluding hydrogens is 267 g/mol. The SMILES string of the molecule is O=C(O)c1cc(C(F)(F)F)ccc1N1CCOC1=O. The molecule has 0 radical (unpaired) electrons. The fourth-order valence-electron chi connectivity index (χ4n) is 1.73. The minimum atomic E-state index is -4.64. The van der Waals surface area contributed by atoms with Gasteiger partial charge in [0.1, 0.15) is 6.61 Å². The van der Waals surface area contributed by atoms with Crippen molar-refractivity contribution in [3.63, 3.8) is 0 Å². The van der Waals surface area contributed by atoms with Crippen molar-refractivity contribution in [1.82, 2.24) is 0 Å². The zero-order valence-corrected chi connectivity index (χ0v) is 9.40. The molecule has 1 aliphatic heterocycles. The van der Waals surface area contributed by atoms with Crippen molar-refractivity contribution in [2.45, 2.75) is 6.18 Å². The van der Waals surface area contributed by atoms with E-state index in [4.69, 9.17) is 5.11 Å². The van der Waals surface area contributed by atoms with Crippen molar-refractivity contribution in [1.29, 1.82) is 0 Å². The minimum absolute atomic E-state index is 0.0684. The summed E-state index contributed by atoms with van der Waals surface area (Å²) in [6.07, 6.45) is -5.42. The fourth-order valence-corrected chi connectivity index (χ4v) is 1.73. The quantitative estimate of drug-likeness (QED) is 0.899. The minimum Gasteiger partial charge on any atom is -0.478 e. The highest BCUT2D eigenvalue weighted by Crippen LogP contribution is 2.33. The second-order valence-corrected chi connectivity index (χ2v) is 3.80. The standard InChI is InChI=1S/C11H8F3NO4/c12-11(13,14)6-1-2-8(7(5-6)9(16)17)15-3-4-19-10(15)18/h1-2,5H,3-4H2,(H,16,17). The van der Waals surface area contributed by atoms with Gasteiger partial charge < -0.3 is 9.84 Å². The molecule has 1 saturated heterocycles. The Morgan fingerprint density at radius 1 is 1.37 bits per heavy atom. The van der Waals surface area contributed by atoms with Crippen LogP contribution in [0.5, 0.6) is 0 Å². The predicted molar refractivity (Wildman–Crippen MR) is 57.1 cm³/mol. The van der Waals surface area contributed by atoms with Gasteiger partial charge in [-0.15, -0.1) is 0 Å². The Morgan fingerprint density at radius 3 is 2.53 bits per heavy atom. The van der Waals surface area contributed by atoms with Crippen LogP contribution in [0, 0.1) is 0 Å². The van der Waals surface area contributed by atoms with Crippen molar-refractivity contribution in [2.24, 2.45) is 0 Å². The lowest BCUT2D eigenvalue weighted by atomic mass is 10.1. The first-order chi connectivity index (χ1) is 8.80. The number of cyclic esters (lactones) is 1. The summed E-state index contributed by atoms with van der Waals surface area (Å²) < 4.78 is 42.2. The summed E-state index contributed by atoms with van der Waals surface area (Å²) in [6.45, 7) is 0.170. The van der Waals surface area contributed by atoms with Gasteiger partial charge in [-0.3, -0.25) is 4.90 Å². The fraction of sp³-hybridized carbons (Fsp3) is 0.273. The molecule has 1 amide bonds. The molecule has 19 heavy (non-hydrogen) atoms. The highest BCUT2D eigenvalue weighted by Gasteiger charge is 2.34. The highest BCUT2D eigenvalue weighted by molar-refractivity contribution is 6.00. The second-order valence-electron chi connectivity index (χ2n) is 3.80. The van der Waals surface area contributed by atoms with Crippen LogP contribution in [0.4, 0.5) is 23.7 Å². The summed E-state index contributed by atoms with van der Waals surface area (Å²) in [5.74, 6) is -1.54. The second kappa shape index (κ2) is 4.45. The van der Waals surface area contributed by atoms with Gasteiger partial charge in [0.25, 0.3) is 0 Å². The van der Waals surface area contributed by atoms with E-state index in [0.29, 0.717) is 6.07 Å². The highest BCUT2D eigenvalue weighted by atomic mass is 19.4. The van der Waals surface area contributed by atoms with E-state index in [9.17, 15) is 22.8 Å². The van der Waals surface area contributed by atoms with E-state index in [2.05, 4.69) is 4.74 Å². The van der Waals surface area contributed by atoms with E-state index >= 15 is 0 Å². The number of hydrogen-bond donors (Lipinski definition) is 1. The summed E-state index contributed by atoms with van der Waals surface area (Å²) in [5, 5.41) is 8.96. The van der Waals surface area contributed by atoms with Gasteiger partial charge >= 0.3 is 18.2 Å². The summed E-state index contributed by atoms with van der Waals surface area (Å²) in [6, 6.07) is 2.19. The van der Waals surface area contributed by atoms with E-state index in [0.717, 1.165) is 17.0 Å². The van der Waals surface area contributed by atoms with E-state index < -0.39 is 29.4 Å². The molecule has 1 aliphatic rings. The number of ether oxygens (including phenoxy) is 1. The van der Waals surface area contributed by atoms with Gasteiger partial charge in [-0.2, -0.15) is 13.2 Å². The molecule has 0 aliphatic carbocycles. The first-order valence-corrected chi connectivity index (χ1v) is 5.19. The third-order valence-electron chi connectivity index (χ3n) is 2.61. The van der Waals surface area contributed by atoms with Crippen LogP contribution in [0.2, 0.25) is 0 Å². The normalized spacial score (nSPS) is 15.5. The largest absolute Gasteiger partial charge is 0.478 e. The number of aromatic carboxylic acids is 1. The van der Waals surface area contributed by atoms with Crippen LogP contribution in [0.15, 0.2) is 18.2 Å². The summed E-state index contributed by atoms with van der Waals surface area (Å²) in [7, 11) is 0. The Bertz CT molecular complexity index is 541. The van der Waals surface area contributed by atoms with E-state index in [1.165, 1.54) is 0 Å². The zero-order valence-electron chi connectivity index (χ0n) is 9.40. The number of anilines is 1. The smallest absolute Gasteiger partial charge is 0.416 e. The van der Waals surface area contributed by atoms with Crippen LogP contribution in [-0.2, 0) is 10.9 Å². The van der Waals surface area contributed by atoms with Crippen molar-refractivity contribution in [3.8, 4) is 0 Å². The monoisotopic (exact) mass is 275 g/mol. The number of rotatable bonds is 2. The van der Waals surface area contributed by atoms with E-state index in [-0.39, 0.29) is 18.8 Å². The maximum absolute atomic E-state index is 12.5. The average molecular weight is 275 g/mol. The number of nitrogens with zero attached hydrogens (tertiary/aromatic N) is 1. The third-order valence-corrected chi connectivity index (χ3v) is 2.61. The van der Waals surface area contributed by atoms with Gasteiger partial charge in [0, 0.05) is 0 Å².